The molecule has 0 bridgehead atoms. The zero-order valence-corrected chi connectivity index (χ0v) is 11.6. The van der Waals surface area contributed by atoms with Crippen LogP contribution in [0, 0.1) is 0 Å². The van der Waals surface area contributed by atoms with Crippen LogP contribution in [0.5, 0.6) is 11.5 Å². The van der Waals surface area contributed by atoms with E-state index in [4.69, 9.17) is 15.4 Å². The van der Waals surface area contributed by atoms with Crippen molar-refractivity contribution in [3.8, 4) is 11.5 Å². The number of methoxy groups -OCH3 is 1. The van der Waals surface area contributed by atoms with Gasteiger partial charge in [0.25, 0.3) is 0 Å². The molecule has 100 valence electrons. The first-order valence-electron chi connectivity index (χ1n) is 5.75. The molecule has 0 heterocycles. The molecule has 0 atom stereocenters. The molecule has 1 N–H and O–H groups in total. The third-order valence-corrected chi connectivity index (χ3v) is 4.19. The van der Waals surface area contributed by atoms with E-state index < -0.39 is 9.05 Å². The average molecular weight is 291 g/mol. The summed E-state index contributed by atoms with van der Waals surface area (Å²) in [5.74, 6) is 0.303. The van der Waals surface area contributed by atoms with Gasteiger partial charge in [-0.25, -0.2) is 8.42 Å². The summed E-state index contributed by atoms with van der Waals surface area (Å²) in [4.78, 5) is 0. The van der Waals surface area contributed by atoms with Crippen LogP contribution in [0.3, 0.4) is 0 Å². The fourth-order valence-electron chi connectivity index (χ4n) is 2.42. The SMILES string of the molecule is COc1cc(CS(=O)(=O)Cl)c(O)c2c1CCCC2. The van der Waals surface area contributed by atoms with Gasteiger partial charge in [0.05, 0.1) is 12.9 Å². The molecule has 0 fully saturated rings. The molecule has 0 saturated heterocycles. The van der Waals surface area contributed by atoms with Crippen LogP contribution < -0.4 is 4.74 Å². The van der Waals surface area contributed by atoms with Gasteiger partial charge >= 0.3 is 0 Å². The molecule has 0 unspecified atom stereocenters. The van der Waals surface area contributed by atoms with Gasteiger partial charge in [0.2, 0.25) is 9.05 Å². The van der Waals surface area contributed by atoms with Crippen LogP contribution in [-0.2, 0) is 27.6 Å². The molecule has 6 heteroatoms. The smallest absolute Gasteiger partial charge is 0.236 e. The predicted molar refractivity (Wildman–Crippen MR) is 69.8 cm³/mol. The quantitative estimate of drug-likeness (QED) is 0.868. The van der Waals surface area contributed by atoms with Gasteiger partial charge in [-0.1, -0.05) is 0 Å². The lowest BCUT2D eigenvalue weighted by Crippen LogP contribution is -2.08. The second kappa shape index (κ2) is 4.97. The monoisotopic (exact) mass is 290 g/mol. The zero-order chi connectivity index (χ0) is 13.3. The molecular weight excluding hydrogens is 276 g/mol. The molecule has 0 aromatic heterocycles. The number of benzene rings is 1. The van der Waals surface area contributed by atoms with Gasteiger partial charge in [0.15, 0.2) is 0 Å². The highest BCUT2D eigenvalue weighted by Gasteiger charge is 2.22. The first-order valence-corrected chi connectivity index (χ1v) is 8.23. The van der Waals surface area contributed by atoms with Crippen molar-refractivity contribution in [2.24, 2.45) is 0 Å². The van der Waals surface area contributed by atoms with Crippen molar-refractivity contribution in [2.75, 3.05) is 7.11 Å². The van der Waals surface area contributed by atoms with E-state index >= 15 is 0 Å². The Morgan fingerprint density at radius 2 is 1.94 bits per heavy atom. The maximum atomic E-state index is 11.1. The Hall–Kier alpha value is -0.940. The molecule has 4 nitrogen and oxygen atoms in total. The van der Waals surface area contributed by atoms with Gasteiger partial charge in [0.1, 0.15) is 11.5 Å². The molecule has 0 radical (unpaired) electrons. The summed E-state index contributed by atoms with van der Waals surface area (Å²) >= 11 is 0. The molecule has 1 aliphatic carbocycles. The van der Waals surface area contributed by atoms with Gasteiger partial charge in [-0.2, -0.15) is 0 Å². The van der Waals surface area contributed by atoms with Gasteiger partial charge in [-0.05, 0) is 31.7 Å². The van der Waals surface area contributed by atoms with Gasteiger partial charge in [0, 0.05) is 27.4 Å². The minimum Gasteiger partial charge on any atom is -0.507 e. The van der Waals surface area contributed by atoms with Gasteiger partial charge in [-0.15, -0.1) is 0 Å². The maximum absolute atomic E-state index is 11.1. The van der Waals surface area contributed by atoms with E-state index in [0.717, 1.165) is 36.8 Å². The van der Waals surface area contributed by atoms with E-state index in [1.54, 1.807) is 13.2 Å². The van der Waals surface area contributed by atoms with Crippen LogP contribution in [0.25, 0.3) is 0 Å². The number of hydrogen-bond acceptors (Lipinski definition) is 4. The average Bonchev–Trinajstić information content (AvgIpc) is 2.31. The Bertz CT molecular complexity index is 566. The summed E-state index contributed by atoms with van der Waals surface area (Å²) in [6.07, 6.45) is 3.63. The van der Waals surface area contributed by atoms with Crippen LogP contribution in [0.2, 0.25) is 0 Å². The number of halogens is 1. The van der Waals surface area contributed by atoms with Crippen LogP contribution in [0.4, 0.5) is 0 Å². The number of ether oxygens (including phenoxy) is 1. The Morgan fingerprint density at radius 1 is 1.33 bits per heavy atom. The Morgan fingerprint density at radius 3 is 2.50 bits per heavy atom. The van der Waals surface area contributed by atoms with Crippen molar-refractivity contribution in [3.63, 3.8) is 0 Å². The van der Waals surface area contributed by atoms with Crippen molar-refractivity contribution < 1.29 is 18.3 Å². The van der Waals surface area contributed by atoms with E-state index in [9.17, 15) is 13.5 Å². The highest BCUT2D eigenvalue weighted by atomic mass is 35.7. The van der Waals surface area contributed by atoms with Crippen LogP contribution in [0.15, 0.2) is 6.07 Å². The summed E-state index contributed by atoms with van der Waals surface area (Å²) in [5.41, 5.74) is 2.09. The first-order chi connectivity index (χ1) is 8.42. The molecule has 0 aliphatic heterocycles. The largest absolute Gasteiger partial charge is 0.507 e. The normalized spacial score (nSPS) is 15.2. The summed E-state index contributed by atoms with van der Waals surface area (Å²) in [6, 6.07) is 1.57. The number of fused-ring (bicyclic) bond motifs is 1. The molecule has 18 heavy (non-hydrogen) atoms. The molecule has 1 aliphatic rings. The lowest BCUT2D eigenvalue weighted by molar-refractivity contribution is 0.399. The van der Waals surface area contributed by atoms with E-state index in [-0.39, 0.29) is 11.5 Å². The van der Waals surface area contributed by atoms with E-state index in [2.05, 4.69) is 0 Å². The van der Waals surface area contributed by atoms with Gasteiger partial charge in [-0.3, -0.25) is 0 Å². The summed E-state index contributed by atoms with van der Waals surface area (Å²) in [6.45, 7) is 0. The van der Waals surface area contributed by atoms with Crippen LogP contribution in [0.1, 0.15) is 29.5 Å². The van der Waals surface area contributed by atoms with Crippen LogP contribution in [-0.4, -0.2) is 20.6 Å². The van der Waals surface area contributed by atoms with E-state index in [1.165, 1.54) is 0 Å². The number of rotatable bonds is 3. The Labute approximate surface area is 111 Å². The van der Waals surface area contributed by atoms with Crippen molar-refractivity contribution in [2.45, 2.75) is 31.4 Å². The maximum Gasteiger partial charge on any atom is 0.236 e. The molecule has 1 aromatic carbocycles. The summed E-state index contributed by atoms with van der Waals surface area (Å²) < 4.78 is 27.5. The Balaban J connectivity index is 2.55. The predicted octanol–water partition coefficient (Wildman–Crippen LogP) is 2.35. The molecule has 2 rings (SSSR count). The molecule has 1 aromatic rings. The number of hydrogen-bond donors (Lipinski definition) is 1. The van der Waals surface area contributed by atoms with E-state index in [0.29, 0.717) is 11.3 Å². The minimum atomic E-state index is -3.69. The van der Waals surface area contributed by atoms with Crippen molar-refractivity contribution in [1.29, 1.82) is 0 Å². The molecule has 0 spiro atoms. The number of aromatic hydroxyl groups is 1. The highest BCUT2D eigenvalue weighted by Crippen LogP contribution is 2.39. The standard InChI is InChI=1S/C12H15ClO4S/c1-17-11-6-8(7-18(13,15)16)12(14)10-5-3-2-4-9(10)11/h6,14H,2-5,7H2,1H3. The molecular formula is C12H15ClO4S. The zero-order valence-electron chi connectivity index (χ0n) is 10.1. The fourth-order valence-corrected chi connectivity index (χ4v) is 3.37. The fraction of sp³-hybridized carbons (Fsp3) is 0.500. The second-order valence-electron chi connectivity index (χ2n) is 4.43. The second-order valence-corrected chi connectivity index (χ2v) is 7.21. The van der Waals surface area contributed by atoms with Crippen molar-refractivity contribution >= 4 is 19.7 Å². The van der Waals surface area contributed by atoms with Crippen LogP contribution >= 0.6 is 10.7 Å². The lowest BCUT2D eigenvalue weighted by Gasteiger charge is -2.21. The Kier molecular flexibility index (Phi) is 3.73. The topological polar surface area (TPSA) is 63.6 Å². The lowest BCUT2D eigenvalue weighted by atomic mass is 9.88. The summed E-state index contributed by atoms with van der Waals surface area (Å²) in [7, 11) is 3.09. The summed E-state index contributed by atoms with van der Waals surface area (Å²) in [5, 5.41) is 10.1. The molecule has 0 saturated carbocycles. The third kappa shape index (κ3) is 2.72. The van der Waals surface area contributed by atoms with Gasteiger partial charge < -0.3 is 9.84 Å². The van der Waals surface area contributed by atoms with E-state index in [1.807, 2.05) is 0 Å². The number of phenolic OH excluding ortho intramolecular Hbond substituents is 1. The van der Waals surface area contributed by atoms with Crippen molar-refractivity contribution in [3.05, 3.63) is 22.8 Å². The highest BCUT2D eigenvalue weighted by molar-refractivity contribution is 8.13. The first kappa shape index (κ1) is 13.5. The third-order valence-electron chi connectivity index (χ3n) is 3.21. The molecule has 0 amide bonds. The number of phenols is 1. The van der Waals surface area contributed by atoms with Crippen molar-refractivity contribution in [1.82, 2.24) is 0 Å². The minimum absolute atomic E-state index is 0.0507.